The van der Waals surface area contributed by atoms with Crippen molar-refractivity contribution >= 4 is 28.5 Å². The Morgan fingerprint density at radius 3 is 2.39 bits per heavy atom. The van der Waals surface area contributed by atoms with Crippen molar-refractivity contribution in [2.24, 2.45) is 21.1 Å². The van der Waals surface area contributed by atoms with Gasteiger partial charge < -0.3 is 5.11 Å². The van der Waals surface area contributed by atoms with Crippen LogP contribution in [0.1, 0.15) is 44.1 Å². The quantitative estimate of drug-likeness (QED) is 0.546. The number of rotatable bonds is 6. The lowest BCUT2D eigenvalue weighted by atomic mass is 9.94. The monoisotopic (exact) mass is 435 g/mol. The van der Waals surface area contributed by atoms with E-state index in [-0.39, 0.29) is 19.4 Å². The van der Waals surface area contributed by atoms with Gasteiger partial charge in [-0.3, -0.25) is 15.8 Å². The van der Waals surface area contributed by atoms with E-state index in [1.165, 1.54) is 12.2 Å². The highest BCUT2D eigenvalue weighted by molar-refractivity contribution is 5.98. The maximum atomic E-state index is 12.7. The average molecular weight is 435 g/mol. The maximum Gasteiger partial charge on any atom is 0.395 e. The van der Waals surface area contributed by atoms with E-state index in [4.69, 9.17) is 5.11 Å². The third-order valence-electron chi connectivity index (χ3n) is 5.38. The zero-order valence-corrected chi connectivity index (χ0v) is 17.5. The number of aryl methyl sites for hydroxylation is 1. The third-order valence-corrected chi connectivity index (χ3v) is 5.38. The lowest BCUT2D eigenvalue weighted by Crippen LogP contribution is -2.24. The van der Waals surface area contributed by atoms with Gasteiger partial charge in [-0.05, 0) is 75.3 Å². The van der Waals surface area contributed by atoms with Gasteiger partial charge in [-0.15, -0.1) is 0 Å². The summed E-state index contributed by atoms with van der Waals surface area (Å²) < 4.78 is 38.1. The molecule has 0 bridgehead atoms. The van der Waals surface area contributed by atoms with Gasteiger partial charge in [0.05, 0.1) is 36.2 Å². The van der Waals surface area contributed by atoms with E-state index >= 15 is 0 Å². The lowest BCUT2D eigenvalue weighted by Gasteiger charge is -2.20. The summed E-state index contributed by atoms with van der Waals surface area (Å²) in [6.45, 7) is 2.50. The number of benzene rings is 1. The predicted octanol–water partition coefficient (Wildman–Crippen LogP) is 5.07. The number of nitrogens with zero attached hydrogens (tertiary/aromatic N) is 3. The molecule has 1 fully saturated rings. The number of aliphatic imine (C=N–C) groups is 1. The molecule has 2 aliphatic carbocycles. The van der Waals surface area contributed by atoms with E-state index in [1.807, 2.05) is 25.1 Å². The third kappa shape index (κ3) is 6.92. The highest BCUT2D eigenvalue weighted by Crippen LogP contribution is 2.33. The molecule has 9 heteroatoms. The van der Waals surface area contributed by atoms with Gasteiger partial charge >= 0.3 is 6.18 Å². The number of aliphatic hydroxyl groups is 1. The first-order valence-electron chi connectivity index (χ1n) is 10.5. The van der Waals surface area contributed by atoms with E-state index in [9.17, 15) is 13.2 Å². The molecule has 0 radical (unpaired) electrons. The van der Waals surface area contributed by atoms with Crippen molar-refractivity contribution in [2.45, 2.75) is 51.6 Å². The predicted molar refractivity (Wildman–Crippen MR) is 119 cm³/mol. The number of anilines is 2. The second-order valence-electron chi connectivity index (χ2n) is 7.75. The Balaban J connectivity index is 1.53. The Morgan fingerprint density at radius 2 is 1.77 bits per heavy atom. The van der Waals surface area contributed by atoms with Gasteiger partial charge in [-0.2, -0.15) is 23.4 Å². The van der Waals surface area contributed by atoms with Crippen molar-refractivity contribution in [3.8, 4) is 0 Å². The number of nitrogens with one attached hydrogen (secondary N) is 2. The SMILES string of the molecule is Cc1cc(N/N=C2/C=CC(C(F)(F)F)CC2)ccc1NN=C1CCC(=NCCO)CC1. The normalized spacial score (nSPS) is 20.7. The molecule has 0 saturated heterocycles. The zero-order valence-electron chi connectivity index (χ0n) is 17.5. The van der Waals surface area contributed by atoms with E-state index in [1.54, 1.807) is 0 Å². The summed E-state index contributed by atoms with van der Waals surface area (Å²) in [5, 5.41) is 17.6. The molecule has 0 aliphatic heterocycles. The van der Waals surface area contributed by atoms with Crippen LogP contribution in [0.5, 0.6) is 0 Å². The molecule has 2 aliphatic rings. The minimum Gasteiger partial charge on any atom is -0.394 e. The fourth-order valence-electron chi connectivity index (χ4n) is 3.52. The largest absolute Gasteiger partial charge is 0.395 e. The summed E-state index contributed by atoms with van der Waals surface area (Å²) in [6.07, 6.45) is 2.21. The van der Waals surface area contributed by atoms with Gasteiger partial charge in [-0.25, -0.2) is 0 Å². The van der Waals surface area contributed by atoms with Crippen LogP contribution >= 0.6 is 0 Å². The highest BCUT2D eigenvalue weighted by Gasteiger charge is 2.38. The molecule has 1 saturated carbocycles. The summed E-state index contributed by atoms with van der Waals surface area (Å²) in [4.78, 5) is 4.36. The van der Waals surface area contributed by atoms with E-state index in [0.29, 0.717) is 12.3 Å². The Bertz CT molecular complexity index is 878. The Labute approximate surface area is 180 Å². The first kappa shape index (κ1) is 23.0. The van der Waals surface area contributed by atoms with Crippen molar-refractivity contribution in [3.63, 3.8) is 0 Å². The van der Waals surface area contributed by atoms with Crippen LogP contribution in [0.3, 0.4) is 0 Å². The molecule has 0 aromatic heterocycles. The van der Waals surface area contributed by atoms with Crippen molar-refractivity contribution in [1.29, 1.82) is 0 Å². The molecule has 1 unspecified atom stereocenters. The van der Waals surface area contributed by atoms with Crippen LogP contribution in [0.15, 0.2) is 45.5 Å². The number of halogens is 3. The summed E-state index contributed by atoms with van der Waals surface area (Å²) in [6, 6.07) is 5.67. The molecular weight excluding hydrogens is 407 g/mol. The molecular formula is C22H28F3N5O. The van der Waals surface area contributed by atoms with Crippen LogP contribution in [0.25, 0.3) is 0 Å². The Kier molecular flexibility index (Phi) is 7.84. The summed E-state index contributed by atoms with van der Waals surface area (Å²) in [7, 11) is 0. The highest BCUT2D eigenvalue weighted by atomic mass is 19.4. The molecule has 1 aromatic rings. The topological polar surface area (TPSA) is 81.4 Å². The molecule has 1 atom stereocenters. The fourth-order valence-corrected chi connectivity index (χ4v) is 3.52. The van der Waals surface area contributed by atoms with Gasteiger partial charge in [0.15, 0.2) is 0 Å². The second-order valence-corrected chi connectivity index (χ2v) is 7.75. The van der Waals surface area contributed by atoms with Crippen LogP contribution < -0.4 is 10.9 Å². The number of hydrazone groups is 2. The van der Waals surface area contributed by atoms with Crippen LogP contribution in [0, 0.1) is 12.8 Å². The lowest BCUT2D eigenvalue weighted by molar-refractivity contribution is -0.162. The first-order chi connectivity index (χ1) is 14.8. The van der Waals surface area contributed by atoms with Crippen molar-refractivity contribution in [1.82, 2.24) is 0 Å². The van der Waals surface area contributed by atoms with Crippen LogP contribution in [-0.2, 0) is 0 Å². The fraction of sp³-hybridized carbons (Fsp3) is 0.500. The first-order valence-corrected chi connectivity index (χ1v) is 10.5. The van der Waals surface area contributed by atoms with Gasteiger partial charge in [0, 0.05) is 11.4 Å². The molecule has 168 valence electrons. The van der Waals surface area contributed by atoms with Crippen LogP contribution in [-0.4, -0.2) is 41.6 Å². The van der Waals surface area contributed by atoms with Gasteiger partial charge in [0.1, 0.15) is 0 Å². The van der Waals surface area contributed by atoms with Gasteiger partial charge in [0.2, 0.25) is 0 Å². The maximum absolute atomic E-state index is 12.7. The zero-order chi connectivity index (χ0) is 22.3. The molecule has 3 rings (SSSR count). The minimum absolute atomic E-state index is 0.0253. The van der Waals surface area contributed by atoms with Crippen LogP contribution in [0.2, 0.25) is 0 Å². The summed E-state index contributed by atoms with van der Waals surface area (Å²) in [5.41, 5.74) is 11.5. The molecule has 0 heterocycles. The average Bonchev–Trinajstić information content (AvgIpc) is 2.76. The van der Waals surface area contributed by atoms with Gasteiger partial charge in [-0.1, -0.05) is 6.08 Å². The number of allylic oxidation sites excluding steroid dienone is 2. The molecule has 3 N–H and O–H groups in total. The number of aliphatic hydroxyl groups excluding tert-OH is 1. The smallest absolute Gasteiger partial charge is 0.394 e. The van der Waals surface area contributed by atoms with Crippen molar-refractivity contribution in [3.05, 3.63) is 35.9 Å². The second kappa shape index (κ2) is 10.6. The van der Waals surface area contributed by atoms with Crippen molar-refractivity contribution < 1.29 is 18.3 Å². The minimum atomic E-state index is -4.19. The van der Waals surface area contributed by atoms with Gasteiger partial charge in [0.25, 0.3) is 0 Å². The van der Waals surface area contributed by atoms with Crippen molar-refractivity contribution in [2.75, 3.05) is 24.0 Å². The molecule has 31 heavy (non-hydrogen) atoms. The standard InChI is InChI=1S/C22H28F3N5O/c1-15-14-20(29-27-18-4-2-16(3-5-18)22(23,24)25)10-11-21(15)30-28-19-8-6-17(7-9-19)26-12-13-31/h2,4,10-11,14,16,29-31H,3,5-9,12-13H2,1H3/b26-17?,27-18-,28-19?. The summed E-state index contributed by atoms with van der Waals surface area (Å²) in [5.74, 6) is -1.38. The number of alkyl halides is 3. The number of hydrogen-bond donors (Lipinski definition) is 3. The molecule has 6 nitrogen and oxygen atoms in total. The van der Waals surface area contributed by atoms with Crippen LogP contribution in [0.4, 0.5) is 24.5 Å². The van der Waals surface area contributed by atoms with E-state index in [2.05, 4.69) is 26.0 Å². The molecule has 0 amide bonds. The molecule has 0 spiro atoms. The Hall–Kier alpha value is -2.68. The van der Waals surface area contributed by atoms with E-state index < -0.39 is 12.1 Å². The molecule has 1 aromatic carbocycles. The van der Waals surface area contributed by atoms with E-state index in [0.717, 1.165) is 54.0 Å². The Morgan fingerprint density at radius 1 is 1.03 bits per heavy atom. The summed E-state index contributed by atoms with van der Waals surface area (Å²) >= 11 is 0. The number of hydrogen-bond acceptors (Lipinski definition) is 6.